The quantitative estimate of drug-likeness (QED) is 0.285. The third-order valence-corrected chi connectivity index (χ3v) is 5.56. The summed E-state index contributed by atoms with van der Waals surface area (Å²) in [5.41, 5.74) is 1.97. The van der Waals surface area contributed by atoms with Crippen molar-refractivity contribution < 1.29 is 15.0 Å². The summed E-state index contributed by atoms with van der Waals surface area (Å²) >= 11 is 3.37. The Bertz CT molecular complexity index is 1230. The lowest BCUT2D eigenvalue weighted by atomic mass is 10.1. The molecular weight excluding hydrogens is 468 g/mol. The Morgan fingerprint density at radius 2 is 1.42 bits per heavy atom. The van der Waals surface area contributed by atoms with Gasteiger partial charge in [0.05, 0.1) is 22.5 Å². The Morgan fingerprint density at radius 1 is 0.903 bits per heavy atom. The van der Waals surface area contributed by atoms with E-state index in [2.05, 4.69) is 21.2 Å². The van der Waals surface area contributed by atoms with Gasteiger partial charge in [0.1, 0.15) is 0 Å². The van der Waals surface area contributed by atoms with Crippen LogP contribution < -0.4 is 5.32 Å². The van der Waals surface area contributed by atoms with Crippen LogP contribution in [0.3, 0.4) is 0 Å². The van der Waals surface area contributed by atoms with Gasteiger partial charge < -0.3 is 15.0 Å². The van der Waals surface area contributed by atoms with Crippen LogP contribution in [0.15, 0.2) is 65.1 Å². The molecule has 0 radical (unpaired) electrons. The molecule has 0 fully saturated rings. The van der Waals surface area contributed by atoms with Crippen molar-refractivity contribution in [2.75, 3.05) is 11.9 Å². The zero-order chi connectivity index (χ0) is 22.1. The van der Waals surface area contributed by atoms with E-state index in [1.165, 1.54) is 24.3 Å². The number of hydrogen-bond acceptors (Lipinski definition) is 6. The minimum absolute atomic E-state index is 0.101. The number of aliphatic hydroxyl groups excluding tert-OH is 1. The lowest BCUT2D eigenvalue weighted by molar-refractivity contribution is -0.385. The number of aliphatic hydroxyl groups is 1. The molecule has 0 amide bonds. The topological polar surface area (TPSA) is 123 Å². The SMILES string of the molecule is O=[N+]([O-])c1ccc2c(c1)c1cc([N+](=O)[O-])ccc1n2CC(O)CNc1ccc(Br)cc1. The van der Waals surface area contributed by atoms with E-state index in [9.17, 15) is 25.3 Å². The summed E-state index contributed by atoms with van der Waals surface area (Å²) in [6, 6.07) is 16.3. The molecule has 1 unspecified atom stereocenters. The van der Waals surface area contributed by atoms with E-state index in [0.717, 1.165) is 10.2 Å². The minimum atomic E-state index is -0.771. The molecule has 1 heterocycles. The number of anilines is 1. The summed E-state index contributed by atoms with van der Waals surface area (Å²) in [5.74, 6) is 0. The first-order valence-electron chi connectivity index (χ1n) is 9.36. The fraction of sp³-hybridized carbons (Fsp3) is 0.143. The Hall–Kier alpha value is -3.50. The van der Waals surface area contributed by atoms with Gasteiger partial charge in [-0.2, -0.15) is 0 Å². The molecule has 2 N–H and O–H groups in total. The fourth-order valence-electron chi connectivity index (χ4n) is 3.58. The van der Waals surface area contributed by atoms with E-state index in [0.29, 0.717) is 21.8 Å². The highest BCUT2D eigenvalue weighted by Crippen LogP contribution is 2.34. The minimum Gasteiger partial charge on any atom is -0.389 e. The average molecular weight is 485 g/mol. The lowest BCUT2D eigenvalue weighted by Crippen LogP contribution is -2.24. The van der Waals surface area contributed by atoms with Gasteiger partial charge in [0.25, 0.3) is 11.4 Å². The Kier molecular flexibility index (Phi) is 5.57. The summed E-state index contributed by atoms with van der Waals surface area (Å²) in [5, 5.41) is 37.3. The summed E-state index contributed by atoms with van der Waals surface area (Å²) in [6.45, 7) is 0.488. The highest BCUT2D eigenvalue weighted by molar-refractivity contribution is 9.10. The fourth-order valence-corrected chi connectivity index (χ4v) is 3.85. The van der Waals surface area contributed by atoms with Crippen LogP contribution in [0.5, 0.6) is 0 Å². The zero-order valence-electron chi connectivity index (χ0n) is 16.1. The van der Waals surface area contributed by atoms with E-state index in [1.54, 1.807) is 12.1 Å². The van der Waals surface area contributed by atoms with Crippen molar-refractivity contribution in [2.45, 2.75) is 12.6 Å². The van der Waals surface area contributed by atoms with Gasteiger partial charge in [-0.25, -0.2) is 0 Å². The number of non-ortho nitro benzene ring substituents is 2. The van der Waals surface area contributed by atoms with Gasteiger partial charge in [-0.15, -0.1) is 0 Å². The molecule has 1 aromatic heterocycles. The van der Waals surface area contributed by atoms with Gasteiger partial charge in [0, 0.05) is 62.8 Å². The number of nitro benzene ring substituents is 2. The number of fused-ring (bicyclic) bond motifs is 3. The number of benzene rings is 3. The van der Waals surface area contributed by atoms with Gasteiger partial charge in [-0.3, -0.25) is 20.2 Å². The van der Waals surface area contributed by atoms with Crippen molar-refractivity contribution in [3.63, 3.8) is 0 Å². The number of hydrogen-bond donors (Lipinski definition) is 2. The smallest absolute Gasteiger partial charge is 0.270 e. The van der Waals surface area contributed by atoms with Crippen molar-refractivity contribution in [1.82, 2.24) is 4.57 Å². The lowest BCUT2D eigenvalue weighted by Gasteiger charge is -2.15. The first-order chi connectivity index (χ1) is 14.8. The third kappa shape index (κ3) is 4.21. The molecule has 10 heteroatoms. The monoisotopic (exact) mass is 484 g/mol. The third-order valence-electron chi connectivity index (χ3n) is 5.03. The van der Waals surface area contributed by atoms with Crippen LogP contribution in [0.4, 0.5) is 17.1 Å². The molecule has 9 nitrogen and oxygen atoms in total. The van der Waals surface area contributed by atoms with Gasteiger partial charge in [0.2, 0.25) is 0 Å². The molecule has 3 aromatic carbocycles. The Morgan fingerprint density at radius 3 is 1.90 bits per heavy atom. The summed E-state index contributed by atoms with van der Waals surface area (Å²) in [7, 11) is 0. The molecule has 0 aliphatic rings. The van der Waals surface area contributed by atoms with E-state index < -0.39 is 16.0 Å². The van der Waals surface area contributed by atoms with Crippen LogP contribution in [-0.2, 0) is 6.54 Å². The van der Waals surface area contributed by atoms with Crippen LogP contribution in [0.2, 0.25) is 0 Å². The largest absolute Gasteiger partial charge is 0.389 e. The molecule has 31 heavy (non-hydrogen) atoms. The van der Waals surface area contributed by atoms with Gasteiger partial charge in [-0.05, 0) is 36.4 Å². The molecule has 0 bridgehead atoms. The van der Waals surface area contributed by atoms with E-state index in [1.807, 2.05) is 28.8 Å². The standard InChI is InChI=1S/C21H17BrN4O5/c22-13-1-3-14(4-2-13)23-11-17(27)12-24-20-7-5-15(25(28)29)9-18(20)19-10-16(26(30)31)6-8-21(19)24/h1-10,17,23,27H,11-12H2. The molecule has 0 aliphatic carbocycles. The van der Waals surface area contributed by atoms with E-state index in [-0.39, 0.29) is 24.5 Å². The Labute approximate surface area is 184 Å². The molecule has 4 aromatic rings. The number of nitrogens with one attached hydrogen (secondary N) is 1. The second kappa shape index (κ2) is 8.32. The van der Waals surface area contributed by atoms with Gasteiger partial charge >= 0.3 is 0 Å². The van der Waals surface area contributed by atoms with Crippen LogP contribution >= 0.6 is 15.9 Å². The predicted molar refractivity (Wildman–Crippen MR) is 121 cm³/mol. The molecule has 0 saturated carbocycles. The highest BCUT2D eigenvalue weighted by Gasteiger charge is 2.19. The van der Waals surface area contributed by atoms with Gasteiger partial charge in [-0.1, -0.05) is 15.9 Å². The first-order valence-corrected chi connectivity index (χ1v) is 10.1. The predicted octanol–water partition coefficient (Wildman–Crippen LogP) is 4.85. The van der Waals surface area contributed by atoms with Crippen molar-refractivity contribution in [3.8, 4) is 0 Å². The normalized spacial score (nSPS) is 12.2. The number of aromatic nitrogens is 1. The maximum absolute atomic E-state index is 11.2. The summed E-state index contributed by atoms with van der Waals surface area (Å²) in [6.07, 6.45) is -0.771. The number of rotatable bonds is 7. The maximum Gasteiger partial charge on any atom is 0.270 e. The molecule has 158 valence electrons. The van der Waals surface area contributed by atoms with Crippen LogP contribution in [0.25, 0.3) is 21.8 Å². The number of halogens is 1. The molecule has 1 atom stereocenters. The number of nitro groups is 2. The van der Waals surface area contributed by atoms with Crippen molar-refractivity contribution >= 4 is 54.8 Å². The van der Waals surface area contributed by atoms with Crippen molar-refractivity contribution in [1.29, 1.82) is 0 Å². The molecular formula is C21H17BrN4O5. The highest BCUT2D eigenvalue weighted by atomic mass is 79.9. The zero-order valence-corrected chi connectivity index (χ0v) is 17.7. The van der Waals surface area contributed by atoms with E-state index >= 15 is 0 Å². The first kappa shape index (κ1) is 20.8. The molecule has 4 rings (SSSR count). The van der Waals surface area contributed by atoms with Crippen molar-refractivity contribution in [2.24, 2.45) is 0 Å². The van der Waals surface area contributed by atoms with Crippen LogP contribution in [-0.4, -0.2) is 32.2 Å². The van der Waals surface area contributed by atoms with Crippen molar-refractivity contribution in [3.05, 3.63) is 85.4 Å². The van der Waals surface area contributed by atoms with Crippen LogP contribution in [0.1, 0.15) is 0 Å². The number of nitrogens with zero attached hydrogens (tertiary/aromatic N) is 3. The second-order valence-corrected chi connectivity index (χ2v) is 7.99. The maximum atomic E-state index is 11.2. The summed E-state index contributed by atoms with van der Waals surface area (Å²) < 4.78 is 2.78. The molecule has 0 saturated heterocycles. The van der Waals surface area contributed by atoms with Gasteiger partial charge in [0.15, 0.2) is 0 Å². The molecule has 0 spiro atoms. The van der Waals surface area contributed by atoms with Crippen LogP contribution in [0, 0.1) is 20.2 Å². The van der Waals surface area contributed by atoms with E-state index in [4.69, 9.17) is 0 Å². The second-order valence-electron chi connectivity index (χ2n) is 7.07. The average Bonchev–Trinajstić information content (AvgIpc) is 3.05. The molecule has 0 aliphatic heterocycles. The summed E-state index contributed by atoms with van der Waals surface area (Å²) in [4.78, 5) is 21.4. The Balaban J connectivity index is 1.70.